The van der Waals surface area contributed by atoms with Gasteiger partial charge in [0.15, 0.2) is 0 Å². The van der Waals surface area contributed by atoms with Gasteiger partial charge < -0.3 is 15.0 Å². The van der Waals surface area contributed by atoms with E-state index in [1.54, 1.807) is 6.08 Å². The van der Waals surface area contributed by atoms with Gasteiger partial charge in [-0.3, -0.25) is 4.79 Å². The van der Waals surface area contributed by atoms with Crippen LogP contribution in [0.3, 0.4) is 0 Å². The number of anilines is 2. The number of rotatable bonds is 4. The fourth-order valence-corrected chi connectivity index (χ4v) is 2.85. The Kier molecular flexibility index (Phi) is 5.67. The maximum absolute atomic E-state index is 12.4. The van der Waals surface area contributed by atoms with Crippen molar-refractivity contribution in [2.24, 2.45) is 0 Å². The van der Waals surface area contributed by atoms with Crippen LogP contribution in [0.5, 0.6) is 0 Å². The number of carbonyl (C=O) groups is 1. The third-order valence-corrected chi connectivity index (χ3v) is 4.22. The summed E-state index contributed by atoms with van der Waals surface area (Å²) in [6.07, 6.45) is 1.60. The van der Waals surface area contributed by atoms with E-state index in [1.165, 1.54) is 0 Å². The summed E-state index contributed by atoms with van der Waals surface area (Å²) in [6.45, 7) is 5.16. The Bertz CT molecular complexity index is 844. The summed E-state index contributed by atoms with van der Waals surface area (Å²) in [6, 6.07) is 17.3. The van der Waals surface area contributed by atoms with E-state index < -0.39 is 5.91 Å². The van der Waals surface area contributed by atoms with Gasteiger partial charge in [0, 0.05) is 24.5 Å². The van der Waals surface area contributed by atoms with Crippen LogP contribution in [0.15, 0.2) is 54.1 Å². The first-order valence-corrected chi connectivity index (χ1v) is 8.58. The molecule has 2 aromatic rings. The Morgan fingerprint density at radius 3 is 2.58 bits per heavy atom. The molecule has 1 aliphatic heterocycles. The highest BCUT2D eigenvalue weighted by Crippen LogP contribution is 2.19. The number of carbonyl (C=O) groups excluding carboxylic acids is 1. The second-order valence-corrected chi connectivity index (χ2v) is 6.18. The Labute approximate surface area is 153 Å². The smallest absolute Gasteiger partial charge is 0.266 e. The van der Waals surface area contributed by atoms with Crippen molar-refractivity contribution in [1.29, 1.82) is 5.26 Å². The van der Waals surface area contributed by atoms with Crippen LogP contribution in [-0.2, 0) is 9.53 Å². The largest absolute Gasteiger partial charge is 0.378 e. The molecule has 1 aliphatic rings. The van der Waals surface area contributed by atoms with E-state index in [0.29, 0.717) is 5.69 Å². The van der Waals surface area contributed by atoms with Crippen molar-refractivity contribution in [3.05, 3.63) is 65.2 Å². The van der Waals surface area contributed by atoms with E-state index in [0.717, 1.165) is 43.1 Å². The molecule has 1 saturated heterocycles. The summed E-state index contributed by atoms with van der Waals surface area (Å²) in [5.41, 5.74) is 3.75. The van der Waals surface area contributed by atoms with Gasteiger partial charge in [0.25, 0.3) is 5.91 Å². The number of amides is 1. The number of nitrogens with one attached hydrogen (secondary N) is 1. The first-order valence-electron chi connectivity index (χ1n) is 8.58. The Morgan fingerprint density at radius 2 is 1.92 bits per heavy atom. The molecular formula is C21H21N3O2. The maximum Gasteiger partial charge on any atom is 0.266 e. The minimum atomic E-state index is -0.409. The number of morpholine rings is 1. The van der Waals surface area contributed by atoms with Gasteiger partial charge in [-0.1, -0.05) is 29.8 Å². The highest BCUT2D eigenvalue weighted by atomic mass is 16.5. The zero-order valence-electron chi connectivity index (χ0n) is 14.7. The summed E-state index contributed by atoms with van der Waals surface area (Å²) in [5.74, 6) is -0.409. The number of ether oxygens (including phenoxy) is 1. The first kappa shape index (κ1) is 17.7. The monoisotopic (exact) mass is 347 g/mol. The number of nitriles is 1. The van der Waals surface area contributed by atoms with Crippen molar-refractivity contribution >= 4 is 23.4 Å². The topological polar surface area (TPSA) is 65.4 Å². The molecule has 0 radical (unpaired) electrons. The van der Waals surface area contributed by atoms with Crippen molar-refractivity contribution in [3.8, 4) is 6.07 Å². The molecule has 0 unspecified atom stereocenters. The predicted molar refractivity (Wildman–Crippen MR) is 103 cm³/mol. The van der Waals surface area contributed by atoms with Crippen molar-refractivity contribution in [2.45, 2.75) is 6.92 Å². The Morgan fingerprint density at radius 1 is 1.19 bits per heavy atom. The number of aryl methyl sites for hydroxylation is 1. The molecule has 2 aromatic carbocycles. The van der Waals surface area contributed by atoms with Gasteiger partial charge in [0.05, 0.1) is 13.2 Å². The quantitative estimate of drug-likeness (QED) is 0.680. The summed E-state index contributed by atoms with van der Waals surface area (Å²) < 4.78 is 5.36. The van der Waals surface area contributed by atoms with Gasteiger partial charge in [0.1, 0.15) is 11.6 Å². The second-order valence-electron chi connectivity index (χ2n) is 6.18. The van der Waals surface area contributed by atoms with E-state index in [2.05, 4.69) is 10.2 Å². The van der Waals surface area contributed by atoms with Gasteiger partial charge >= 0.3 is 0 Å². The van der Waals surface area contributed by atoms with Gasteiger partial charge in [-0.05, 0) is 42.8 Å². The van der Waals surface area contributed by atoms with Crippen LogP contribution >= 0.6 is 0 Å². The first-order chi connectivity index (χ1) is 12.7. The molecule has 1 heterocycles. The van der Waals surface area contributed by atoms with Gasteiger partial charge in [-0.15, -0.1) is 0 Å². The summed E-state index contributed by atoms with van der Waals surface area (Å²) in [5, 5.41) is 12.1. The second kappa shape index (κ2) is 8.32. The third kappa shape index (κ3) is 4.50. The van der Waals surface area contributed by atoms with Crippen LogP contribution in [0.25, 0.3) is 6.08 Å². The summed E-state index contributed by atoms with van der Waals surface area (Å²) >= 11 is 0. The average molecular weight is 347 g/mol. The average Bonchev–Trinajstić information content (AvgIpc) is 2.67. The SMILES string of the molecule is Cc1cccc(/C=C(\C#N)C(=O)Nc2ccc(N3CCOCC3)cc2)c1. The summed E-state index contributed by atoms with van der Waals surface area (Å²) in [7, 11) is 0. The number of hydrogen-bond acceptors (Lipinski definition) is 4. The van der Waals surface area contributed by atoms with E-state index in [-0.39, 0.29) is 5.57 Å². The highest BCUT2D eigenvalue weighted by molar-refractivity contribution is 6.09. The van der Waals surface area contributed by atoms with Gasteiger partial charge in [0.2, 0.25) is 0 Å². The van der Waals surface area contributed by atoms with Crippen LogP contribution in [-0.4, -0.2) is 32.2 Å². The third-order valence-electron chi connectivity index (χ3n) is 4.22. The molecule has 0 spiro atoms. The van der Waals surface area contributed by atoms with Crippen molar-refractivity contribution in [3.63, 3.8) is 0 Å². The molecule has 1 N–H and O–H groups in total. The van der Waals surface area contributed by atoms with Crippen LogP contribution in [0.1, 0.15) is 11.1 Å². The van der Waals surface area contributed by atoms with Crippen LogP contribution in [0.4, 0.5) is 11.4 Å². The highest BCUT2D eigenvalue weighted by Gasteiger charge is 2.12. The number of hydrogen-bond donors (Lipinski definition) is 1. The Hall–Kier alpha value is -3.10. The molecule has 5 nitrogen and oxygen atoms in total. The van der Waals surface area contributed by atoms with Crippen LogP contribution in [0.2, 0.25) is 0 Å². The molecule has 0 saturated carbocycles. The van der Waals surface area contributed by atoms with Gasteiger partial charge in [-0.2, -0.15) is 5.26 Å². The molecule has 0 aliphatic carbocycles. The fraction of sp³-hybridized carbons (Fsp3) is 0.238. The number of nitrogens with zero attached hydrogens (tertiary/aromatic N) is 2. The lowest BCUT2D eigenvalue weighted by atomic mass is 10.1. The lowest BCUT2D eigenvalue weighted by molar-refractivity contribution is -0.112. The molecule has 0 atom stereocenters. The molecule has 0 bridgehead atoms. The normalized spacial score (nSPS) is 14.6. The minimum Gasteiger partial charge on any atom is -0.378 e. The zero-order valence-corrected chi connectivity index (χ0v) is 14.7. The van der Waals surface area contributed by atoms with Crippen LogP contribution in [0, 0.1) is 18.3 Å². The lowest BCUT2D eigenvalue weighted by Crippen LogP contribution is -2.36. The lowest BCUT2D eigenvalue weighted by Gasteiger charge is -2.28. The van der Waals surface area contributed by atoms with Crippen molar-refractivity contribution in [2.75, 3.05) is 36.5 Å². The fourth-order valence-electron chi connectivity index (χ4n) is 2.85. The van der Waals surface area contributed by atoms with Crippen molar-refractivity contribution < 1.29 is 9.53 Å². The minimum absolute atomic E-state index is 0.0767. The van der Waals surface area contributed by atoms with Crippen LogP contribution < -0.4 is 10.2 Å². The molecule has 1 amide bonds. The maximum atomic E-state index is 12.4. The van der Waals surface area contributed by atoms with Crippen molar-refractivity contribution in [1.82, 2.24) is 0 Å². The molecular weight excluding hydrogens is 326 g/mol. The molecule has 5 heteroatoms. The van der Waals surface area contributed by atoms with Gasteiger partial charge in [-0.25, -0.2) is 0 Å². The summed E-state index contributed by atoms with van der Waals surface area (Å²) in [4.78, 5) is 14.6. The van der Waals surface area contributed by atoms with E-state index >= 15 is 0 Å². The van der Waals surface area contributed by atoms with E-state index in [9.17, 15) is 10.1 Å². The Balaban J connectivity index is 1.69. The molecule has 132 valence electrons. The van der Waals surface area contributed by atoms with E-state index in [1.807, 2.05) is 61.5 Å². The van der Waals surface area contributed by atoms with E-state index in [4.69, 9.17) is 4.74 Å². The number of benzene rings is 2. The standard InChI is InChI=1S/C21H21N3O2/c1-16-3-2-4-17(13-16)14-18(15-22)21(25)23-19-5-7-20(8-6-19)24-9-11-26-12-10-24/h2-8,13-14H,9-12H2,1H3,(H,23,25)/b18-14+. The zero-order chi connectivity index (χ0) is 18.4. The molecule has 26 heavy (non-hydrogen) atoms. The molecule has 1 fully saturated rings. The molecule has 0 aromatic heterocycles. The predicted octanol–water partition coefficient (Wildman–Crippen LogP) is 3.38. The molecule has 3 rings (SSSR count).